The molecule has 2 rings (SSSR count). The summed E-state index contributed by atoms with van der Waals surface area (Å²) in [5.41, 5.74) is 5.60. The highest BCUT2D eigenvalue weighted by molar-refractivity contribution is 7.09. The number of aryl methyl sites for hydroxylation is 1. The van der Waals surface area contributed by atoms with E-state index in [4.69, 9.17) is 5.73 Å². The lowest BCUT2D eigenvalue weighted by atomic mass is 10.4. The third kappa shape index (κ3) is 3.37. The Hall–Kier alpha value is -0.720. The van der Waals surface area contributed by atoms with Crippen molar-refractivity contribution >= 4 is 16.7 Å². The van der Waals surface area contributed by atoms with Crippen molar-refractivity contribution in [1.29, 1.82) is 0 Å². The van der Waals surface area contributed by atoms with Crippen molar-refractivity contribution < 1.29 is 0 Å². The molecule has 2 heterocycles. The van der Waals surface area contributed by atoms with Crippen LogP contribution in [0, 0.1) is 0 Å². The second-order valence-electron chi connectivity index (χ2n) is 4.32. The van der Waals surface area contributed by atoms with Crippen molar-refractivity contribution in [2.75, 3.05) is 44.2 Å². The van der Waals surface area contributed by atoms with E-state index in [1.54, 1.807) is 0 Å². The maximum absolute atomic E-state index is 5.60. The molecule has 17 heavy (non-hydrogen) atoms. The molecular weight excluding hydrogens is 234 g/mol. The monoisotopic (exact) mass is 255 g/mol. The summed E-state index contributed by atoms with van der Waals surface area (Å²) >= 11 is 1.53. The molecule has 0 amide bonds. The highest BCUT2D eigenvalue weighted by Gasteiger charge is 2.17. The van der Waals surface area contributed by atoms with Gasteiger partial charge in [-0.25, -0.2) is 4.98 Å². The molecule has 1 aromatic rings. The van der Waals surface area contributed by atoms with Crippen LogP contribution >= 0.6 is 11.5 Å². The average Bonchev–Trinajstić information content (AvgIpc) is 2.70. The van der Waals surface area contributed by atoms with Gasteiger partial charge in [-0.3, -0.25) is 0 Å². The summed E-state index contributed by atoms with van der Waals surface area (Å²) in [6, 6.07) is 0. The number of nitrogens with zero attached hydrogens (tertiary/aromatic N) is 4. The molecule has 1 fully saturated rings. The Morgan fingerprint density at radius 2 is 2.18 bits per heavy atom. The van der Waals surface area contributed by atoms with Crippen molar-refractivity contribution in [2.24, 2.45) is 5.73 Å². The van der Waals surface area contributed by atoms with E-state index in [-0.39, 0.29) is 0 Å². The van der Waals surface area contributed by atoms with Crippen molar-refractivity contribution in [3.05, 3.63) is 5.82 Å². The molecule has 1 saturated heterocycles. The summed E-state index contributed by atoms with van der Waals surface area (Å²) in [6.07, 6.45) is 2.10. The van der Waals surface area contributed by atoms with E-state index in [9.17, 15) is 0 Å². The van der Waals surface area contributed by atoms with Crippen LogP contribution in [-0.4, -0.2) is 53.5 Å². The summed E-state index contributed by atoms with van der Waals surface area (Å²) in [6.45, 7) is 8.20. The fraction of sp³-hybridized carbons (Fsp3) is 0.818. The second-order valence-corrected chi connectivity index (χ2v) is 5.05. The van der Waals surface area contributed by atoms with Crippen LogP contribution in [0.4, 0.5) is 5.13 Å². The van der Waals surface area contributed by atoms with Gasteiger partial charge in [0.05, 0.1) is 0 Å². The van der Waals surface area contributed by atoms with Gasteiger partial charge in [0.2, 0.25) is 5.13 Å². The van der Waals surface area contributed by atoms with Gasteiger partial charge in [0.1, 0.15) is 5.82 Å². The van der Waals surface area contributed by atoms with Crippen molar-refractivity contribution in [2.45, 2.75) is 19.8 Å². The largest absolute Gasteiger partial charge is 0.346 e. The van der Waals surface area contributed by atoms with E-state index in [2.05, 4.69) is 26.1 Å². The van der Waals surface area contributed by atoms with Crippen LogP contribution in [0.5, 0.6) is 0 Å². The Bertz CT molecular complexity index is 340. The Balaban J connectivity index is 1.93. The van der Waals surface area contributed by atoms with Gasteiger partial charge in [0.15, 0.2) is 0 Å². The summed E-state index contributed by atoms with van der Waals surface area (Å²) in [4.78, 5) is 9.34. The zero-order valence-corrected chi connectivity index (χ0v) is 11.2. The fourth-order valence-corrected chi connectivity index (χ4v) is 2.89. The molecular formula is C11H21N5S. The molecule has 1 aromatic heterocycles. The minimum Gasteiger partial charge on any atom is -0.346 e. The van der Waals surface area contributed by atoms with Crippen molar-refractivity contribution in [3.8, 4) is 0 Å². The number of rotatable bonds is 4. The van der Waals surface area contributed by atoms with Crippen molar-refractivity contribution in [3.63, 3.8) is 0 Å². The van der Waals surface area contributed by atoms with Crippen LogP contribution < -0.4 is 10.6 Å². The fourth-order valence-electron chi connectivity index (χ4n) is 2.09. The van der Waals surface area contributed by atoms with Crippen LogP contribution in [-0.2, 0) is 6.42 Å². The first-order valence-corrected chi connectivity index (χ1v) is 7.10. The van der Waals surface area contributed by atoms with Crippen molar-refractivity contribution in [1.82, 2.24) is 14.3 Å². The number of hydrogen-bond acceptors (Lipinski definition) is 6. The molecule has 0 saturated carbocycles. The quantitative estimate of drug-likeness (QED) is 0.852. The van der Waals surface area contributed by atoms with Crippen LogP contribution in [0.1, 0.15) is 19.2 Å². The third-order valence-corrected chi connectivity index (χ3v) is 3.89. The summed E-state index contributed by atoms with van der Waals surface area (Å²) in [5.74, 6) is 0.966. The standard InChI is InChI=1S/C11H21N5S/c1-2-10-13-11(17-14-10)16-6-3-5-15(7-4-12)8-9-16/h2-9,12H2,1H3. The zero-order valence-electron chi connectivity index (χ0n) is 10.4. The van der Waals surface area contributed by atoms with Gasteiger partial charge in [-0.2, -0.15) is 4.37 Å². The summed E-state index contributed by atoms with van der Waals surface area (Å²) < 4.78 is 4.35. The van der Waals surface area contributed by atoms with Crippen LogP contribution in [0.2, 0.25) is 0 Å². The van der Waals surface area contributed by atoms with Gasteiger partial charge < -0.3 is 15.5 Å². The van der Waals surface area contributed by atoms with Crippen LogP contribution in [0.3, 0.4) is 0 Å². The molecule has 1 aliphatic heterocycles. The summed E-state index contributed by atoms with van der Waals surface area (Å²) in [5, 5.41) is 1.08. The Morgan fingerprint density at radius 1 is 1.29 bits per heavy atom. The predicted octanol–water partition coefficient (Wildman–Crippen LogP) is 0.571. The molecule has 6 heteroatoms. The van der Waals surface area contributed by atoms with E-state index in [1.165, 1.54) is 18.0 Å². The first-order valence-electron chi connectivity index (χ1n) is 6.33. The van der Waals surface area contributed by atoms with Gasteiger partial charge in [0.25, 0.3) is 0 Å². The number of anilines is 1. The van der Waals surface area contributed by atoms with Gasteiger partial charge in [-0.15, -0.1) is 0 Å². The van der Waals surface area contributed by atoms with Gasteiger partial charge >= 0.3 is 0 Å². The van der Waals surface area contributed by atoms with E-state index in [0.717, 1.165) is 56.6 Å². The molecule has 0 bridgehead atoms. The lowest BCUT2D eigenvalue weighted by Crippen LogP contribution is -2.33. The lowest BCUT2D eigenvalue weighted by molar-refractivity contribution is 0.302. The smallest absolute Gasteiger partial charge is 0.205 e. The third-order valence-electron chi connectivity index (χ3n) is 3.08. The molecule has 0 aliphatic carbocycles. The highest BCUT2D eigenvalue weighted by atomic mass is 32.1. The molecule has 2 N–H and O–H groups in total. The molecule has 96 valence electrons. The molecule has 0 aromatic carbocycles. The molecule has 1 aliphatic rings. The normalized spacial score (nSPS) is 18.4. The van der Waals surface area contributed by atoms with Crippen LogP contribution in [0.15, 0.2) is 0 Å². The van der Waals surface area contributed by atoms with E-state index >= 15 is 0 Å². The first-order chi connectivity index (χ1) is 8.33. The Morgan fingerprint density at radius 3 is 2.88 bits per heavy atom. The average molecular weight is 255 g/mol. The number of hydrogen-bond donors (Lipinski definition) is 1. The van der Waals surface area contributed by atoms with E-state index in [0.29, 0.717) is 0 Å². The first kappa shape index (κ1) is 12.7. The number of nitrogens with two attached hydrogens (primary N) is 1. The van der Waals surface area contributed by atoms with Gasteiger partial charge in [0, 0.05) is 50.7 Å². The molecule has 0 spiro atoms. The molecule has 0 unspecified atom stereocenters. The maximum atomic E-state index is 5.60. The SMILES string of the molecule is CCc1nsc(N2CCCN(CCN)CC2)n1. The van der Waals surface area contributed by atoms with Gasteiger partial charge in [-0.05, 0) is 13.0 Å². The van der Waals surface area contributed by atoms with E-state index < -0.39 is 0 Å². The predicted molar refractivity (Wildman–Crippen MR) is 71.6 cm³/mol. The zero-order chi connectivity index (χ0) is 12.1. The minimum atomic E-state index is 0.749. The molecule has 0 radical (unpaired) electrons. The van der Waals surface area contributed by atoms with Gasteiger partial charge in [-0.1, -0.05) is 6.92 Å². The summed E-state index contributed by atoms with van der Waals surface area (Å²) in [7, 11) is 0. The number of aromatic nitrogens is 2. The highest BCUT2D eigenvalue weighted by Crippen LogP contribution is 2.19. The lowest BCUT2D eigenvalue weighted by Gasteiger charge is -2.20. The minimum absolute atomic E-state index is 0.749. The Labute approximate surface area is 107 Å². The molecule has 0 atom stereocenters. The topological polar surface area (TPSA) is 58.3 Å². The van der Waals surface area contributed by atoms with E-state index in [1.807, 2.05) is 0 Å². The van der Waals surface area contributed by atoms with Crippen LogP contribution in [0.25, 0.3) is 0 Å². The Kier molecular flexibility index (Phi) is 4.70. The molecule has 5 nitrogen and oxygen atoms in total. The second kappa shape index (κ2) is 6.28. The maximum Gasteiger partial charge on any atom is 0.205 e.